The molecule has 0 unspecified atom stereocenters. The quantitative estimate of drug-likeness (QED) is 0.269. The Bertz CT molecular complexity index is 197. The van der Waals surface area contributed by atoms with Crippen molar-refractivity contribution >= 4 is 5.97 Å². The highest BCUT2D eigenvalue weighted by Gasteiger charge is 2.08. The molecule has 0 aromatic heterocycles. The fourth-order valence-corrected chi connectivity index (χ4v) is 1.20. The van der Waals surface area contributed by atoms with Crippen LogP contribution in [-0.2, 0) is 14.3 Å². The summed E-state index contributed by atoms with van der Waals surface area (Å²) in [6.45, 7) is 4.58. The molecule has 0 bridgehead atoms. The topological polar surface area (TPSA) is 35.5 Å². The number of carbonyl (C=O) groups is 1. The van der Waals surface area contributed by atoms with E-state index < -0.39 is 0 Å². The van der Waals surface area contributed by atoms with Crippen molar-refractivity contribution in [3.63, 3.8) is 0 Å². The van der Waals surface area contributed by atoms with E-state index in [2.05, 4.69) is 6.92 Å². The fraction of sp³-hybridized carbons (Fsp3) is 0.750. The van der Waals surface area contributed by atoms with Gasteiger partial charge in [-0.1, -0.05) is 33.1 Å². The molecule has 0 amide bonds. The number of carbonyl (C=O) groups excluding carboxylic acids is 1. The van der Waals surface area contributed by atoms with Gasteiger partial charge in [0.05, 0.1) is 25.6 Å². The van der Waals surface area contributed by atoms with Crippen molar-refractivity contribution in [1.82, 2.24) is 0 Å². The summed E-state index contributed by atoms with van der Waals surface area (Å²) in [5.41, 5.74) is 0.591. The smallest absolute Gasteiger partial charge is 0.337 e. The number of esters is 1. The summed E-state index contributed by atoms with van der Waals surface area (Å²) in [7, 11) is 1.53. The Balaban J connectivity index is 3.67. The van der Waals surface area contributed by atoms with Crippen molar-refractivity contribution in [2.75, 3.05) is 13.7 Å². The third kappa shape index (κ3) is 7.00. The molecule has 0 radical (unpaired) electrons. The van der Waals surface area contributed by atoms with E-state index in [-0.39, 0.29) is 5.97 Å². The normalized spacial score (nSPS) is 11.3. The van der Waals surface area contributed by atoms with Crippen molar-refractivity contribution in [1.29, 1.82) is 0 Å². The number of rotatable bonds is 8. The molecule has 0 fully saturated rings. The largest absolute Gasteiger partial charge is 0.504 e. The zero-order chi connectivity index (χ0) is 11.5. The third-order valence-corrected chi connectivity index (χ3v) is 2.13. The number of unbranched alkanes of at least 4 members (excludes halogenated alkanes) is 3. The van der Waals surface area contributed by atoms with Crippen molar-refractivity contribution in [3.05, 3.63) is 11.8 Å². The van der Waals surface area contributed by atoms with E-state index in [1.165, 1.54) is 26.2 Å². The first-order valence-electron chi connectivity index (χ1n) is 5.65. The Labute approximate surface area is 92.5 Å². The summed E-state index contributed by atoms with van der Waals surface area (Å²) >= 11 is 0. The first-order chi connectivity index (χ1) is 7.26. The molecule has 3 heteroatoms. The van der Waals surface area contributed by atoms with E-state index in [0.717, 1.165) is 12.8 Å². The number of hydrogen-bond donors (Lipinski definition) is 0. The van der Waals surface area contributed by atoms with Gasteiger partial charge in [-0.25, -0.2) is 4.79 Å². The van der Waals surface area contributed by atoms with Gasteiger partial charge < -0.3 is 9.47 Å². The molecule has 0 saturated carbocycles. The lowest BCUT2D eigenvalue weighted by molar-refractivity contribution is -0.139. The average molecular weight is 214 g/mol. The minimum absolute atomic E-state index is 0.254. The summed E-state index contributed by atoms with van der Waals surface area (Å²) in [4.78, 5) is 11.4. The van der Waals surface area contributed by atoms with Crippen LogP contribution in [-0.4, -0.2) is 19.7 Å². The standard InChI is InChI=1S/C12H22O3/c1-4-6-7-8-9-15-12(13)11(5-2)10-14-3/h10H,4-9H2,1-3H3/b11-10+. The predicted molar refractivity (Wildman–Crippen MR) is 60.5 cm³/mol. The molecule has 0 saturated heterocycles. The maximum absolute atomic E-state index is 11.4. The maximum Gasteiger partial charge on any atom is 0.337 e. The van der Waals surface area contributed by atoms with Crippen molar-refractivity contribution in [2.24, 2.45) is 0 Å². The molecular formula is C12H22O3. The fourth-order valence-electron chi connectivity index (χ4n) is 1.20. The molecule has 3 nitrogen and oxygen atoms in total. The van der Waals surface area contributed by atoms with E-state index in [0.29, 0.717) is 18.6 Å². The lowest BCUT2D eigenvalue weighted by Gasteiger charge is -2.05. The van der Waals surface area contributed by atoms with Gasteiger partial charge in [-0.05, 0) is 12.8 Å². The summed E-state index contributed by atoms with van der Waals surface area (Å²) in [6, 6.07) is 0. The zero-order valence-electron chi connectivity index (χ0n) is 10.0. The van der Waals surface area contributed by atoms with Crippen LogP contribution in [0, 0.1) is 0 Å². The molecule has 0 heterocycles. The van der Waals surface area contributed by atoms with Gasteiger partial charge in [0.25, 0.3) is 0 Å². The minimum atomic E-state index is -0.254. The number of hydrogen-bond acceptors (Lipinski definition) is 3. The highest BCUT2D eigenvalue weighted by Crippen LogP contribution is 2.05. The van der Waals surface area contributed by atoms with Crippen LogP contribution < -0.4 is 0 Å². The van der Waals surface area contributed by atoms with Crippen LogP contribution in [0.1, 0.15) is 46.0 Å². The Morgan fingerprint density at radius 3 is 2.47 bits per heavy atom. The third-order valence-electron chi connectivity index (χ3n) is 2.13. The van der Waals surface area contributed by atoms with Crippen LogP contribution in [0.2, 0.25) is 0 Å². The first kappa shape index (κ1) is 14.0. The number of methoxy groups -OCH3 is 1. The predicted octanol–water partition coefficient (Wildman–Crippen LogP) is 3.05. The number of ether oxygens (including phenoxy) is 2. The van der Waals surface area contributed by atoms with Gasteiger partial charge in [0.2, 0.25) is 0 Å². The van der Waals surface area contributed by atoms with Gasteiger partial charge in [0.15, 0.2) is 0 Å². The Hall–Kier alpha value is -0.990. The lowest BCUT2D eigenvalue weighted by Crippen LogP contribution is -2.09. The van der Waals surface area contributed by atoms with E-state index in [1.807, 2.05) is 6.92 Å². The average Bonchev–Trinajstić information content (AvgIpc) is 2.25. The van der Waals surface area contributed by atoms with Crippen molar-refractivity contribution in [3.8, 4) is 0 Å². The molecule has 0 rings (SSSR count). The van der Waals surface area contributed by atoms with Crippen LogP contribution in [0.15, 0.2) is 11.8 Å². The molecule has 0 atom stereocenters. The highest BCUT2D eigenvalue weighted by atomic mass is 16.5. The molecule has 0 aromatic rings. The van der Waals surface area contributed by atoms with Crippen LogP contribution in [0.4, 0.5) is 0 Å². The Morgan fingerprint density at radius 1 is 1.20 bits per heavy atom. The van der Waals surface area contributed by atoms with E-state index in [1.54, 1.807) is 0 Å². The van der Waals surface area contributed by atoms with Gasteiger partial charge in [0.1, 0.15) is 0 Å². The van der Waals surface area contributed by atoms with E-state index in [4.69, 9.17) is 9.47 Å². The lowest BCUT2D eigenvalue weighted by atomic mass is 10.2. The Kier molecular flexibility index (Phi) is 8.93. The molecule has 0 spiro atoms. The maximum atomic E-state index is 11.4. The van der Waals surface area contributed by atoms with Crippen LogP contribution >= 0.6 is 0 Å². The van der Waals surface area contributed by atoms with Crippen molar-refractivity contribution < 1.29 is 14.3 Å². The first-order valence-corrected chi connectivity index (χ1v) is 5.65. The van der Waals surface area contributed by atoms with Crippen LogP contribution in [0.3, 0.4) is 0 Å². The highest BCUT2D eigenvalue weighted by molar-refractivity contribution is 5.87. The summed E-state index contributed by atoms with van der Waals surface area (Å²) in [5, 5.41) is 0. The Morgan fingerprint density at radius 2 is 1.93 bits per heavy atom. The van der Waals surface area contributed by atoms with Crippen LogP contribution in [0.5, 0.6) is 0 Å². The molecule has 0 aliphatic rings. The second-order valence-corrected chi connectivity index (χ2v) is 3.43. The summed E-state index contributed by atoms with van der Waals surface area (Å²) in [5.74, 6) is -0.254. The van der Waals surface area contributed by atoms with E-state index >= 15 is 0 Å². The van der Waals surface area contributed by atoms with Crippen LogP contribution in [0.25, 0.3) is 0 Å². The van der Waals surface area contributed by atoms with Gasteiger partial charge in [-0.3, -0.25) is 0 Å². The van der Waals surface area contributed by atoms with Gasteiger partial charge in [-0.15, -0.1) is 0 Å². The van der Waals surface area contributed by atoms with Gasteiger partial charge in [-0.2, -0.15) is 0 Å². The summed E-state index contributed by atoms with van der Waals surface area (Å²) in [6.07, 6.45) is 6.56. The van der Waals surface area contributed by atoms with Crippen molar-refractivity contribution in [2.45, 2.75) is 46.0 Å². The monoisotopic (exact) mass is 214 g/mol. The second-order valence-electron chi connectivity index (χ2n) is 3.43. The molecule has 88 valence electrons. The molecule has 0 aromatic carbocycles. The van der Waals surface area contributed by atoms with Gasteiger partial charge >= 0.3 is 5.97 Å². The van der Waals surface area contributed by atoms with Gasteiger partial charge in [0, 0.05) is 0 Å². The molecule has 15 heavy (non-hydrogen) atoms. The van der Waals surface area contributed by atoms with E-state index in [9.17, 15) is 4.79 Å². The zero-order valence-corrected chi connectivity index (χ0v) is 10.0. The molecule has 0 aliphatic carbocycles. The minimum Gasteiger partial charge on any atom is -0.504 e. The molecule has 0 aliphatic heterocycles. The molecule has 0 N–H and O–H groups in total. The summed E-state index contributed by atoms with van der Waals surface area (Å²) < 4.78 is 9.90. The molecular weight excluding hydrogens is 192 g/mol. The second kappa shape index (κ2) is 9.56. The SMILES string of the molecule is CCCCCCOC(=O)/C(=C/OC)CC.